The van der Waals surface area contributed by atoms with Crippen molar-refractivity contribution in [2.24, 2.45) is 15.2 Å². The number of amides is 1. The average Bonchev–Trinajstić information content (AvgIpc) is 3.48. The first-order valence-corrected chi connectivity index (χ1v) is 14.8. The van der Waals surface area contributed by atoms with Crippen molar-refractivity contribution in [3.8, 4) is 5.75 Å². The summed E-state index contributed by atoms with van der Waals surface area (Å²) < 4.78 is 26.2. The highest BCUT2D eigenvalue weighted by atomic mass is 19.1. The van der Waals surface area contributed by atoms with Crippen LogP contribution in [0.5, 0.6) is 5.75 Å². The Labute approximate surface area is 269 Å². The fourth-order valence-electron chi connectivity index (χ4n) is 5.37. The van der Waals surface area contributed by atoms with Gasteiger partial charge in [-0.15, -0.1) is 0 Å². The second-order valence-corrected chi connectivity index (χ2v) is 10.7. The molecule has 0 aliphatic carbocycles. The Morgan fingerprint density at radius 1 is 1.00 bits per heavy atom. The molecule has 5 rings (SSSR count). The molecule has 12 nitrogen and oxygen atoms in total. The Hall–Kier alpha value is -5.87. The van der Waals surface area contributed by atoms with Gasteiger partial charge in [-0.2, -0.15) is 0 Å². The molecule has 47 heavy (non-hydrogen) atoms. The molecule has 0 saturated heterocycles. The van der Waals surface area contributed by atoms with E-state index in [0.717, 1.165) is 0 Å². The molecule has 1 aliphatic heterocycles. The molecule has 1 heterocycles. The fourth-order valence-corrected chi connectivity index (χ4v) is 5.37. The molecular weight excluding hydrogens is 603 g/mol. The van der Waals surface area contributed by atoms with Crippen LogP contribution in [0.3, 0.4) is 0 Å². The van der Waals surface area contributed by atoms with Gasteiger partial charge in [0.15, 0.2) is 11.6 Å². The van der Waals surface area contributed by atoms with Crippen LogP contribution in [0.2, 0.25) is 0 Å². The predicted octanol–water partition coefficient (Wildman–Crippen LogP) is 7.16. The van der Waals surface area contributed by atoms with E-state index in [1.54, 1.807) is 72.8 Å². The Balaban J connectivity index is 1.64. The maximum atomic E-state index is 14.6. The van der Waals surface area contributed by atoms with Crippen molar-refractivity contribution in [1.82, 2.24) is 5.32 Å². The zero-order valence-electron chi connectivity index (χ0n) is 25.2. The topological polar surface area (TPSA) is 178 Å². The van der Waals surface area contributed by atoms with E-state index in [2.05, 4.69) is 25.4 Å². The molecule has 0 unspecified atom stereocenters. The summed E-state index contributed by atoms with van der Waals surface area (Å²) in [6.07, 6.45) is -0.571. The van der Waals surface area contributed by atoms with Crippen molar-refractivity contribution in [2.75, 3.05) is 13.2 Å². The quantitative estimate of drug-likeness (QED) is 0.0647. The van der Waals surface area contributed by atoms with E-state index >= 15 is 0 Å². The van der Waals surface area contributed by atoms with Crippen LogP contribution in [0.1, 0.15) is 40.3 Å². The smallest absolute Gasteiger partial charge is 0.252 e. The van der Waals surface area contributed by atoms with Crippen molar-refractivity contribution in [1.29, 1.82) is 0 Å². The van der Waals surface area contributed by atoms with Gasteiger partial charge in [-0.1, -0.05) is 70.9 Å². The minimum atomic E-state index is -1.66. The number of halogens is 1. The number of hydrogen-bond donors (Lipinski definition) is 2. The maximum Gasteiger partial charge on any atom is 0.252 e. The van der Waals surface area contributed by atoms with E-state index in [-0.39, 0.29) is 37.7 Å². The van der Waals surface area contributed by atoms with Crippen molar-refractivity contribution in [2.45, 2.75) is 37.6 Å². The van der Waals surface area contributed by atoms with Crippen LogP contribution >= 0.6 is 0 Å². The van der Waals surface area contributed by atoms with Crippen LogP contribution < -0.4 is 10.1 Å². The minimum Gasteiger partial charge on any atom is -0.494 e. The van der Waals surface area contributed by atoms with Gasteiger partial charge in [-0.3, -0.25) is 4.79 Å². The van der Waals surface area contributed by atoms with Crippen molar-refractivity contribution >= 4 is 17.5 Å². The molecular formula is C34H31FN8O4. The molecule has 13 heteroatoms. The highest BCUT2D eigenvalue weighted by molar-refractivity contribution is 6.01. The lowest BCUT2D eigenvalue weighted by molar-refractivity contribution is -0.129. The summed E-state index contributed by atoms with van der Waals surface area (Å²) in [4.78, 5) is 25.4. The van der Waals surface area contributed by atoms with Crippen molar-refractivity contribution < 1.29 is 23.8 Å². The van der Waals surface area contributed by atoms with Gasteiger partial charge < -0.3 is 19.9 Å². The van der Waals surface area contributed by atoms with Gasteiger partial charge in [-0.25, -0.2) is 9.38 Å². The van der Waals surface area contributed by atoms with Gasteiger partial charge in [0.2, 0.25) is 5.90 Å². The summed E-state index contributed by atoms with van der Waals surface area (Å²) in [6, 6.07) is 26.9. The van der Waals surface area contributed by atoms with Gasteiger partial charge in [0.25, 0.3) is 5.91 Å². The lowest BCUT2D eigenvalue weighted by atomic mass is 9.80. The Bertz CT molecular complexity index is 1860. The molecule has 2 N–H and O–H groups in total. The van der Waals surface area contributed by atoms with Crippen LogP contribution in [-0.2, 0) is 29.0 Å². The minimum absolute atomic E-state index is 0.00810. The zero-order chi connectivity index (χ0) is 33.1. The second-order valence-electron chi connectivity index (χ2n) is 10.7. The van der Waals surface area contributed by atoms with E-state index in [1.807, 2.05) is 12.1 Å². The summed E-state index contributed by atoms with van der Waals surface area (Å²) >= 11 is 0. The number of hydrogen-bond acceptors (Lipinski definition) is 7. The fraction of sp³-hybridized carbons (Fsp3) is 0.235. The molecule has 0 fully saturated rings. The largest absolute Gasteiger partial charge is 0.494 e. The first kappa shape index (κ1) is 32.5. The first-order valence-electron chi connectivity index (χ1n) is 14.8. The van der Waals surface area contributed by atoms with Crippen LogP contribution in [0.4, 0.5) is 10.1 Å². The van der Waals surface area contributed by atoms with Crippen LogP contribution in [0, 0.1) is 5.82 Å². The summed E-state index contributed by atoms with van der Waals surface area (Å²) in [5.74, 6) is -0.203. The van der Waals surface area contributed by atoms with Crippen LogP contribution in [-0.4, -0.2) is 35.7 Å². The molecule has 0 saturated carbocycles. The normalized spacial score (nSPS) is 16.6. The first-order chi connectivity index (χ1) is 23.0. The molecule has 0 aromatic heterocycles. The van der Waals surface area contributed by atoms with E-state index in [1.165, 1.54) is 12.1 Å². The van der Waals surface area contributed by atoms with Gasteiger partial charge in [-0.05, 0) is 64.2 Å². The van der Waals surface area contributed by atoms with E-state index < -0.39 is 23.4 Å². The van der Waals surface area contributed by atoms with Crippen molar-refractivity contribution in [3.63, 3.8) is 0 Å². The van der Waals surface area contributed by atoms with Gasteiger partial charge in [0, 0.05) is 52.6 Å². The van der Waals surface area contributed by atoms with Gasteiger partial charge in [0.05, 0.1) is 13.2 Å². The molecule has 1 amide bonds. The molecule has 4 aromatic carbocycles. The van der Waals surface area contributed by atoms with Crippen molar-refractivity contribution in [3.05, 3.63) is 152 Å². The zero-order valence-corrected chi connectivity index (χ0v) is 25.2. The number of aliphatic hydroxyl groups is 1. The number of azide groups is 2. The van der Waals surface area contributed by atoms with Gasteiger partial charge in [0.1, 0.15) is 11.6 Å². The van der Waals surface area contributed by atoms with Crippen LogP contribution in [0.15, 0.2) is 112 Å². The molecule has 0 radical (unpaired) electrons. The molecule has 4 aromatic rings. The Kier molecular flexibility index (Phi) is 10.7. The highest BCUT2D eigenvalue weighted by Crippen LogP contribution is 2.45. The summed E-state index contributed by atoms with van der Waals surface area (Å²) in [7, 11) is 0. The number of benzene rings is 4. The van der Waals surface area contributed by atoms with Crippen LogP contribution in [0.25, 0.3) is 20.9 Å². The number of carbonyl (C=O) groups excluding carboxylic acids is 1. The predicted molar refractivity (Wildman–Crippen MR) is 173 cm³/mol. The standard InChI is InChI=1S/C34H31FN8O4/c35-27-10-5-7-23(19-27)21-38-33(45)34(20-25-8-1-2-9-26(25)22-39-42-36)31(29-11-3-4-12-30(29)41-43-37)47-32(40-34)24-13-15-28(16-14-24)46-18-6-17-44/h1-5,7-16,19,31,44H,6,17-18,20-22H2,(H,38,45)/t31-,34-/m1/s1. The second kappa shape index (κ2) is 15.4. The highest BCUT2D eigenvalue weighted by Gasteiger charge is 2.54. The van der Waals surface area contributed by atoms with E-state index in [4.69, 9.17) is 25.1 Å². The Morgan fingerprint density at radius 2 is 1.77 bits per heavy atom. The number of nitrogens with zero attached hydrogens (tertiary/aromatic N) is 7. The maximum absolute atomic E-state index is 14.6. The monoisotopic (exact) mass is 634 g/mol. The molecule has 238 valence electrons. The third-order valence-corrected chi connectivity index (χ3v) is 7.63. The average molecular weight is 635 g/mol. The SMILES string of the molecule is [N-]=[N+]=NCc1ccccc1C[C@@]1(C(=O)NCc2cccc(F)c2)N=C(c2ccc(OCCCO)cc2)O[C@@H]1c1ccccc1N=[N+]=[N-]. The molecule has 0 spiro atoms. The summed E-state index contributed by atoms with van der Waals surface area (Å²) in [6.45, 7) is 0.406. The Morgan fingerprint density at radius 3 is 2.51 bits per heavy atom. The number of nitrogens with one attached hydrogen (secondary N) is 1. The van der Waals surface area contributed by atoms with E-state index in [0.29, 0.717) is 46.6 Å². The number of rotatable bonds is 14. The number of aliphatic imine (C=N–C) groups is 1. The summed E-state index contributed by atoms with van der Waals surface area (Å²) in [5, 5.41) is 19.6. The summed E-state index contributed by atoms with van der Waals surface area (Å²) in [5.41, 5.74) is 19.9. The molecule has 1 aliphatic rings. The lowest BCUT2D eigenvalue weighted by Gasteiger charge is -2.32. The lowest BCUT2D eigenvalue weighted by Crippen LogP contribution is -2.49. The molecule has 0 bridgehead atoms. The molecule has 2 atom stereocenters. The third-order valence-electron chi connectivity index (χ3n) is 7.63. The third kappa shape index (κ3) is 7.69. The van der Waals surface area contributed by atoms with E-state index in [9.17, 15) is 14.7 Å². The van der Waals surface area contributed by atoms with Gasteiger partial charge >= 0.3 is 0 Å². The number of aliphatic hydroxyl groups excluding tert-OH is 1. The number of ether oxygens (including phenoxy) is 2. The number of carbonyl (C=O) groups is 1.